The Bertz CT molecular complexity index is 552. The van der Waals surface area contributed by atoms with Crippen LogP contribution in [0.1, 0.15) is 20.8 Å². The summed E-state index contributed by atoms with van der Waals surface area (Å²) in [4.78, 5) is 0. The summed E-state index contributed by atoms with van der Waals surface area (Å²) in [5, 5.41) is 1.83. The van der Waals surface area contributed by atoms with Crippen LogP contribution in [0.2, 0.25) is 0 Å². The van der Waals surface area contributed by atoms with Crippen LogP contribution in [0.25, 0.3) is 0 Å². The molecule has 0 aliphatic carbocycles. The van der Waals surface area contributed by atoms with Gasteiger partial charge in [0.2, 0.25) is 7.29 Å². The molecule has 0 radical (unpaired) electrons. The van der Waals surface area contributed by atoms with Gasteiger partial charge in [0.15, 0.2) is 0 Å². The molecule has 0 unspecified atom stereocenters. The van der Waals surface area contributed by atoms with E-state index in [-0.39, 0.29) is 0 Å². The first-order valence-corrected chi connectivity index (χ1v) is 9.21. The van der Waals surface area contributed by atoms with Crippen molar-refractivity contribution in [3.8, 4) is 0 Å². The standard InChI is InChI=1S/C18H24NOP/c1-4-19(15-16(2)3)21(20,17-11-7-5-8-12-17)18-13-9-6-10-14-18/h5-14,16H,4,15H2,1-3H3. The van der Waals surface area contributed by atoms with Gasteiger partial charge in [0.05, 0.1) is 0 Å². The topological polar surface area (TPSA) is 20.3 Å². The Morgan fingerprint density at radius 3 is 1.67 bits per heavy atom. The average molecular weight is 301 g/mol. The normalized spacial score (nSPS) is 12.0. The number of hydrogen-bond donors (Lipinski definition) is 0. The van der Waals surface area contributed by atoms with Crippen molar-refractivity contribution in [3.05, 3.63) is 60.7 Å². The first-order valence-electron chi connectivity index (χ1n) is 7.55. The maximum absolute atomic E-state index is 14.0. The molecule has 0 N–H and O–H groups in total. The van der Waals surface area contributed by atoms with Crippen molar-refractivity contribution in [2.75, 3.05) is 13.1 Å². The van der Waals surface area contributed by atoms with Crippen molar-refractivity contribution >= 4 is 17.9 Å². The van der Waals surface area contributed by atoms with E-state index in [0.29, 0.717) is 5.92 Å². The minimum Gasteiger partial charge on any atom is -0.296 e. The Kier molecular flexibility index (Phi) is 5.39. The predicted octanol–water partition coefficient (Wildman–Crippen LogP) is 3.89. The second-order valence-electron chi connectivity index (χ2n) is 5.65. The molecule has 0 saturated carbocycles. The second kappa shape index (κ2) is 7.06. The van der Waals surface area contributed by atoms with Crippen LogP contribution in [0.5, 0.6) is 0 Å². The molecule has 0 fully saturated rings. The first-order chi connectivity index (χ1) is 10.1. The van der Waals surface area contributed by atoms with E-state index in [0.717, 1.165) is 23.7 Å². The van der Waals surface area contributed by atoms with E-state index in [2.05, 4.69) is 25.4 Å². The molecule has 0 heterocycles. The summed E-state index contributed by atoms with van der Waals surface area (Å²) in [6, 6.07) is 19.7. The summed E-state index contributed by atoms with van der Waals surface area (Å²) in [6.07, 6.45) is 0. The number of benzene rings is 2. The fourth-order valence-electron chi connectivity index (χ4n) is 2.60. The van der Waals surface area contributed by atoms with Gasteiger partial charge < -0.3 is 0 Å². The van der Waals surface area contributed by atoms with Crippen LogP contribution in [0.15, 0.2) is 60.7 Å². The minimum atomic E-state index is -2.75. The lowest BCUT2D eigenvalue weighted by Crippen LogP contribution is -2.34. The summed E-state index contributed by atoms with van der Waals surface area (Å²) in [5.41, 5.74) is 0. The van der Waals surface area contributed by atoms with Crippen molar-refractivity contribution in [3.63, 3.8) is 0 Å². The van der Waals surface area contributed by atoms with E-state index in [4.69, 9.17) is 0 Å². The molecule has 2 rings (SSSR count). The van der Waals surface area contributed by atoms with Gasteiger partial charge >= 0.3 is 0 Å². The Morgan fingerprint density at radius 1 is 0.905 bits per heavy atom. The van der Waals surface area contributed by atoms with Crippen LogP contribution in [0.3, 0.4) is 0 Å². The fourth-order valence-corrected chi connectivity index (χ4v) is 5.66. The zero-order valence-electron chi connectivity index (χ0n) is 13.1. The molecular weight excluding hydrogens is 277 g/mol. The van der Waals surface area contributed by atoms with Crippen LogP contribution < -0.4 is 10.6 Å². The maximum Gasteiger partial charge on any atom is 0.207 e. The van der Waals surface area contributed by atoms with Gasteiger partial charge in [0, 0.05) is 23.7 Å². The van der Waals surface area contributed by atoms with Crippen LogP contribution in [-0.4, -0.2) is 17.8 Å². The highest BCUT2D eigenvalue weighted by molar-refractivity contribution is 7.76. The van der Waals surface area contributed by atoms with Gasteiger partial charge in [0.1, 0.15) is 0 Å². The summed E-state index contributed by atoms with van der Waals surface area (Å²) in [6.45, 7) is 8.03. The van der Waals surface area contributed by atoms with E-state index in [1.807, 2.05) is 60.7 Å². The average Bonchev–Trinajstić information content (AvgIpc) is 2.53. The number of rotatable bonds is 6. The molecular formula is C18H24NOP. The van der Waals surface area contributed by atoms with Crippen LogP contribution >= 0.6 is 7.29 Å². The molecule has 0 spiro atoms. The summed E-state index contributed by atoms with van der Waals surface area (Å²) in [7, 11) is -2.75. The van der Waals surface area contributed by atoms with E-state index in [1.54, 1.807) is 0 Å². The highest BCUT2D eigenvalue weighted by Crippen LogP contribution is 2.47. The molecule has 2 aromatic rings. The van der Waals surface area contributed by atoms with Crippen molar-refractivity contribution in [1.29, 1.82) is 0 Å². The van der Waals surface area contributed by atoms with E-state index in [1.165, 1.54) is 0 Å². The Labute approximate surface area is 128 Å². The molecule has 3 heteroatoms. The molecule has 2 nitrogen and oxygen atoms in total. The summed E-state index contributed by atoms with van der Waals surface area (Å²) < 4.78 is 16.2. The van der Waals surface area contributed by atoms with Crippen LogP contribution in [0.4, 0.5) is 0 Å². The highest BCUT2D eigenvalue weighted by atomic mass is 31.2. The molecule has 0 saturated heterocycles. The molecule has 0 bridgehead atoms. The SMILES string of the molecule is CCN(CC(C)C)P(=O)(c1ccccc1)c1ccccc1. The maximum atomic E-state index is 14.0. The summed E-state index contributed by atoms with van der Waals surface area (Å²) >= 11 is 0. The lowest BCUT2D eigenvalue weighted by Gasteiger charge is -2.32. The largest absolute Gasteiger partial charge is 0.296 e. The third kappa shape index (κ3) is 3.45. The molecule has 0 aliphatic rings. The zero-order chi connectivity index (χ0) is 15.3. The lowest BCUT2D eigenvalue weighted by atomic mass is 10.2. The molecule has 0 amide bonds. The Morgan fingerprint density at radius 2 is 1.33 bits per heavy atom. The van der Waals surface area contributed by atoms with Crippen LogP contribution in [-0.2, 0) is 4.57 Å². The van der Waals surface area contributed by atoms with Gasteiger partial charge in [-0.1, -0.05) is 57.2 Å². The monoisotopic (exact) mass is 301 g/mol. The van der Waals surface area contributed by atoms with E-state index >= 15 is 0 Å². The Balaban J connectivity index is 2.57. The molecule has 112 valence electrons. The van der Waals surface area contributed by atoms with Crippen molar-refractivity contribution < 1.29 is 4.57 Å². The van der Waals surface area contributed by atoms with Gasteiger partial charge in [-0.15, -0.1) is 0 Å². The van der Waals surface area contributed by atoms with Crippen LogP contribution in [0, 0.1) is 5.92 Å². The van der Waals surface area contributed by atoms with E-state index < -0.39 is 7.29 Å². The van der Waals surface area contributed by atoms with E-state index in [9.17, 15) is 4.57 Å². The zero-order valence-corrected chi connectivity index (χ0v) is 14.0. The van der Waals surface area contributed by atoms with Gasteiger partial charge in [-0.05, 0) is 30.2 Å². The second-order valence-corrected chi connectivity index (χ2v) is 8.40. The number of hydrogen-bond acceptors (Lipinski definition) is 1. The van der Waals surface area contributed by atoms with Gasteiger partial charge in [0.25, 0.3) is 0 Å². The smallest absolute Gasteiger partial charge is 0.207 e. The fraction of sp³-hybridized carbons (Fsp3) is 0.333. The van der Waals surface area contributed by atoms with Gasteiger partial charge in [-0.3, -0.25) is 4.57 Å². The van der Waals surface area contributed by atoms with Crippen molar-refractivity contribution in [2.24, 2.45) is 5.92 Å². The quantitative estimate of drug-likeness (QED) is 0.754. The van der Waals surface area contributed by atoms with Crippen molar-refractivity contribution in [2.45, 2.75) is 20.8 Å². The van der Waals surface area contributed by atoms with Crippen molar-refractivity contribution in [1.82, 2.24) is 4.67 Å². The number of nitrogens with zero attached hydrogens (tertiary/aromatic N) is 1. The Hall–Kier alpha value is -1.37. The third-order valence-electron chi connectivity index (χ3n) is 3.55. The first kappa shape index (κ1) is 16.0. The molecule has 21 heavy (non-hydrogen) atoms. The molecule has 0 atom stereocenters. The minimum absolute atomic E-state index is 0.477. The molecule has 2 aromatic carbocycles. The predicted molar refractivity (Wildman–Crippen MR) is 91.8 cm³/mol. The molecule has 0 aromatic heterocycles. The van der Waals surface area contributed by atoms with Gasteiger partial charge in [-0.25, -0.2) is 4.67 Å². The molecule has 0 aliphatic heterocycles. The lowest BCUT2D eigenvalue weighted by molar-refractivity contribution is 0.388. The summed E-state index contributed by atoms with van der Waals surface area (Å²) in [5.74, 6) is 0.477. The highest BCUT2D eigenvalue weighted by Gasteiger charge is 2.33. The van der Waals surface area contributed by atoms with Gasteiger partial charge in [-0.2, -0.15) is 0 Å². The third-order valence-corrected chi connectivity index (χ3v) is 6.79.